The van der Waals surface area contributed by atoms with Gasteiger partial charge >= 0.3 is 0 Å². The SMILES string of the molecule is O=c1cc(NCCCn2ccnc2)cn[nH]1. The molecule has 0 saturated carbocycles. The summed E-state index contributed by atoms with van der Waals surface area (Å²) in [5.41, 5.74) is 0.550. The van der Waals surface area contributed by atoms with Crippen LogP contribution in [0.4, 0.5) is 5.69 Å². The molecule has 2 heterocycles. The largest absolute Gasteiger partial charge is 0.384 e. The van der Waals surface area contributed by atoms with E-state index in [0.29, 0.717) is 0 Å². The van der Waals surface area contributed by atoms with Crippen LogP contribution in [0.3, 0.4) is 0 Å². The molecule has 0 unspecified atom stereocenters. The molecule has 0 aromatic carbocycles. The van der Waals surface area contributed by atoms with Crippen LogP contribution >= 0.6 is 0 Å². The number of rotatable bonds is 5. The van der Waals surface area contributed by atoms with Gasteiger partial charge in [0.15, 0.2) is 0 Å². The summed E-state index contributed by atoms with van der Waals surface area (Å²) in [6.07, 6.45) is 8.03. The van der Waals surface area contributed by atoms with Crippen LogP contribution < -0.4 is 10.9 Å². The van der Waals surface area contributed by atoms with E-state index in [1.807, 2.05) is 10.8 Å². The maximum atomic E-state index is 10.9. The van der Waals surface area contributed by atoms with Crippen molar-refractivity contribution >= 4 is 5.69 Å². The average molecular weight is 219 g/mol. The molecule has 0 spiro atoms. The lowest BCUT2D eigenvalue weighted by atomic mass is 10.4. The van der Waals surface area contributed by atoms with Gasteiger partial charge in [-0.05, 0) is 6.42 Å². The van der Waals surface area contributed by atoms with Gasteiger partial charge in [-0.25, -0.2) is 10.1 Å². The van der Waals surface area contributed by atoms with Crippen LogP contribution in [0.15, 0.2) is 35.8 Å². The highest BCUT2D eigenvalue weighted by atomic mass is 16.1. The molecule has 2 N–H and O–H groups in total. The summed E-state index contributed by atoms with van der Waals surface area (Å²) < 4.78 is 2.01. The summed E-state index contributed by atoms with van der Waals surface area (Å²) in [5, 5.41) is 9.16. The molecule has 2 aromatic heterocycles. The molecule has 0 bridgehead atoms. The van der Waals surface area contributed by atoms with Gasteiger partial charge in [-0.3, -0.25) is 4.79 Å². The van der Waals surface area contributed by atoms with Gasteiger partial charge in [-0.1, -0.05) is 0 Å². The Morgan fingerprint density at radius 2 is 2.44 bits per heavy atom. The number of imidazole rings is 1. The minimum absolute atomic E-state index is 0.195. The number of aromatic nitrogens is 4. The number of H-pyrrole nitrogens is 1. The second-order valence-corrected chi connectivity index (χ2v) is 3.41. The highest BCUT2D eigenvalue weighted by Gasteiger charge is 1.94. The molecule has 0 aliphatic rings. The van der Waals surface area contributed by atoms with Crippen LogP contribution in [0.1, 0.15) is 6.42 Å². The Morgan fingerprint density at radius 1 is 1.50 bits per heavy atom. The summed E-state index contributed by atoms with van der Waals surface area (Å²) in [7, 11) is 0. The fourth-order valence-corrected chi connectivity index (χ4v) is 1.39. The van der Waals surface area contributed by atoms with Gasteiger partial charge in [0.2, 0.25) is 0 Å². The van der Waals surface area contributed by atoms with Crippen molar-refractivity contribution in [3.63, 3.8) is 0 Å². The summed E-state index contributed by atoms with van der Waals surface area (Å²) in [6.45, 7) is 1.70. The van der Waals surface area contributed by atoms with Crippen molar-refractivity contribution in [1.82, 2.24) is 19.7 Å². The topological polar surface area (TPSA) is 75.6 Å². The molecule has 2 rings (SSSR count). The number of aromatic amines is 1. The van der Waals surface area contributed by atoms with E-state index in [4.69, 9.17) is 0 Å². The molecule has 0 aliphatic heterocycles. The van der Waals surface area contributed by atoms with Gasteiger partial charge in [0.1, 0.15) is 0 Å². The molecule has 0 fully saturated rings. The third-order valence-electron chi connectivity index (χ3n) is 2.15. The molecular formula is C10H13N5O. The van der Waals surface area contributed by atoms with E-state index in [1.165, 1.54) is 6.07 Å². The predicted molar refractivity (Wildman–Crippen MR) is 60.2 cm³/mol. The molecule has 6 nitrogen and oxygen atoms in total. The van der Waals surface area contributed by atoms with Crippen molar-refractivity contribution in [1.29, 1.82) is 0 Å². The molecule has 84 valence electrons. The van der Waals surface area contributed by atoms with Gasteiger partial charge in [0.05, 0.1) is 18.2 Å². The Hall–Kier alpha value is -2.11. The lowest BCUT2D eigenvalue weighted by Gasteiger charge is -2.05. The standard InChI is InChI=1S/C10H13N5O/c16-10-6-9(7-13-14-10)12-2-1-4-15-5-3-11-8-15/h3,5-8H,1-2,4H2,(H2,12,14,16). The van der Waals surface area contributed by atoms with Crippen LogP contribution in [0.5, 0.6) is 0 Å². The normalized spacial score (nSPS) is 10.2. The first-order valence-corrected chi connectivity index (χ1v) is 5.09. The number of hydrogen-bond donors (Lipinski definition) is 2. The van der Waals surface area contributed by atoms with Crippen LogP contribution in [0, 0.1) is 0 Å². The Kier molecular flexibility index (Phi) is 3.32. The maximum absolute atomic E-state index is 10.9. The number of nitrogens with zero attached hydrogens (tertiary/aromatic N) is 3. The first-order valence-electron chi connectivity index (χ1n) is 5.09. The Balaban J connectivity index is 1.74. The summed E-state index contributed by atoms with van der Waals surface area (Å²) in [4.78, 5) is 14.9. The highest BCUT2D eigenvalue weighted by Crippen LogP contribution is 1.99. The van der Waals surface area contributed by atoms with Crippen LogP contribution in [-0.2, 0) is 6.54 Å². The molecule has 0 amide bonds. The monoisotopic (exact) mass is 219 g/mol. The van der Waals surface area contributed by atoms with E-state index in [2.05, 4.69) is 20.5 Å². The second-order valence-electron chi connectivity index (χ2n) is 3.41. The van der Waals surface area contributed by atoms with Crippen molar-refractivity contribution < 1.29 is 0 Å². The van der Waals surface area contributed by atoms with Crippen molar-refractivity contribution in [3.05, 3.63) is 41.3 Å². The van der Waals surface area contributed by atoms with Gasteiger partial charge in [-0.15, -0.1) is 0 Å². The molecule has 16 heavy (non-hydrogen) atoms. The first kappa shape index (κ1) is 10.4. The minimum atomic E-state index is -0.195. The van der Waals surface area contributed by atoms with Crippen molar-refractivity contribution in [2.75, 3.05) is 11.9 Å². The van der Waals surface area contributed by atoms with E-state index in [0.717, 1.165) is 25.2 Å². The Bertz CT molecular complexity index is 476. The van der Waals surface area contributed by atoms with E-state index in [9.17, 15) is 4.79 Å². The molecule has 0 radical (unpaired) electrons. The third-order valence-corrected chi connectivity index (χ3v) is 2.15. The quantitative estimate of drug-likeness (QED) is 0.717. The number of anilines is 1. The lowest BCUT2D eigenvalue weighted by molar-refractivity contribution is 0.660. The summed E-state index contributed by atoms with van der Waals surface area (Å²) >= 11 is 0. The smallest absolute Gasteiger partial charge is 0.266 e. The van der Waals surface area contributed by atoms with Gasteiger partial charge in [-0.2, -0.15) is 5.10 Å². The minimum Gasteiger partial charge on any atom is -0.384 e. The fourth-order valence-electron chi connectivity index (χ4n) is 1.39. The number of aryl methyl sites for hydroxylation is 1. The Labute approximate surface area is 92.3 Å². The van der Waals surface area contributed by atoms with E-state index < -0.39 is 0 Å². The van der Waals surface area contributed by atoms with Crippen LogP contribution in [0.2, 0.25) is 0 Å². The van der Waals surface area contributed by atoms with Gasteiger partial charge < -0.3 is 9.88 Å². The zero-order chi connectivity index (χ0) is 11.2. The first-order chi connectivity index (χ1) is 7.84. The van der Waals surface area contributed by atoms with E-state index in [-0.39, 0.29) is 5.56 Å². The maximum Gasteiger partial charge on any atom is 0.266 e. The second kappa shape index (κ2) is 5.11. The molecule has 0 aliphatic carbocycles. The third kappa shape index (κ3) is 2.94. The lowest BCUT2D eigenvalue weighted by Crippen LogP contribution is -2.11. The van der Waals surface area contributed by atoms with E-state index >= 15 is 0 Å². The van der Waals surface area contributed by atoms with Crippen molar-refractivity contribution in [3.8, 4) is 0 Å². The van der Waals surface area contributed by atoms with E-state index in [1.54, 1.807) is 18.7 Å². The zero-order valence-corrected chi connectivity index (χ0v) is 8.76. The fraction of sp³-hybridized carbons (Fsp3) is 0.300. The average Bonchev–Trinajstić information content (AvgIpc) is 2.77. The van der Waals surface area contributed by atoms with Crippen molar-refractivity contribution in [2.45, 2.75) is 13.0 Å². The van der Waals surface area contributed by atoms with Crippen molar-refractivity contribution in [2.24, 2.45) is 0 Å². The van der Waals surface area contributed by atoms with Gasteiger partial charge in [0, 0.05) is 31.5 Å². The summed E-state index contributed by atoms with van der Waals surface area (Å²) in [5.74, 6) is 0. The number of hydrogen-bond acceptors (Lipinski definition) is 4. The molecule has 2 aromatic rings. The summed E-state index contributed by atoms with van der Waals surface area (Å²) in [6, 6.07) is 1.49. The van der Waals surface area contributed by atoms with Crippen LogP contribution in [0.25, 0.3) is 0 Å². The highest BCUT2D eigenvalue weighted by molar-refractivity contribution is 5.38. The molecular weight excluding hydrogens is 206 g/mol. The molecule has 0 saturated heterocycles. The van der Waals surface area contributed by atoms with Gasteiger partial charge in [0.25, 0.3) is 5.56 Å². The number of nitrogens with one attached hydrogen (secondary N) is 2. The van der Waals surface area contributed by atoms with Crippen LogP contribution in [-0.4, -0.2) is 26.3 Å². The molecule has 0 atom stereocenters. The Morgan fingerprint density at radius 3 is 3.19 bits per heavy atom. The predicted octanol–water partition coefficient (Wildman–Crippen LogP) is 0.469. The molecule has 6 heteroatoms. The zero-order valence-electron chi connectivity index (χ0n) is 8.76.